The van der Waals surface area contributed by atoms with Gasteiger partial charge in [-0.25, -0.2) is 14.4 Å². The molecule has 1 unspecified atom stereocenters. The highest BCUT2D eigenvalue weighted by Crippen LogP contribution is 2.14. The maximum atomic E-state index is 11.8. The molecule has 0 aromatic carbocycles. The average molecular weight is 731 g/mol. The van der Waals surface area contributed by atoms with E-state index in [0.29, 0.717) is 46.7 Å². The molecule has 4 N–H and O–H groups in total. The molecule has 0 saturated heterocycles. The molecule has 19 nitrogen and oxygen atoms in total. The van der Waals surface area contributed by atoms with Gasteiger partial charge in [0.15, 0.2) is 0 Å². The van der Waals surface area contributed by atoms with E-state index in [1.165, 1.54) is 38.7 Å². The van der Waals surface area contributed by atoms with E-state index in [-0.39, 0.29) is 50.8 Å². The molecule has 0 bridgehead atoms. The van der Waals surface area contributed by atoms with Gasteiger partial charge in [0.25, 0.3) is 28.7 Å². The van der Waals surface area contributed by atoms with Crippen molar-refractivity contribution in [2.24, 2.45) is 0 Å². The van der Waals surface area contributed by atoms with Gasteiger partial charge < -0.3 is 27.8 Å². The Morgan fingerprint density at radius 1 is 0.608 bits per heavy atom. The van der Waals surface area contributed by atoms with Crippen LogP contribution in [0.5, 0.6) is 12.0 Å². The summed E-state index contributed by atoms with van der Waals surface area (Å²) < 4.78 is 35.4. The van der Waals surface area contributed by atoms with Gasteiger partial charge in [0.1, 0.15) is 16.2 Å². The predicted octanol–water partition coefficient (Wildman–Crippen LogP) is 0.679. The van der Waals surface area contributed by atoms with Crippen LogP contribution >= 0.6 is 0 Å². The lowest BCUT2D eigenvalue weighted by molar-refractivity contribution is 0.376. The second kappa shape index (κ2) is 17.6. The molecule has 0 amide bonds. The molecule has 6 aromatic rings. The van der Waals surface area contributed by atoms with Crippen molar-refractivity contribution in [1.29, 1.82) is 0 Å². The monoisotopic (exact) mass is 730 g/mol. The molecular formula is C31H34N6O13S. The number of hydrogen-bond donors (Lipinski definition) is 4. The summed E-state index contributed by atoms with van der Waals surface area (Å²) in [5.41, 5.74) is -1.07. The third-order valence-corrected chi connectivity index (χ3v) is 7.56. The van der Waals surface area contributed by atoms with Crippen LogP contribution in [-0.2, 0) is 30.1 Å². The molecule has 20 heteroatoms. The van der Waals surface area contributed by atoms with Crippen LogP contribution in [0.2, 0.25) is 0 Å². The molecule has 6 aromatic heterocycles. The van der Waals surface area contributed by atoms with Gasteiger partial charge in [-0.15, -0.1) is 0 Å². The van der Waals surface area contributed by atoms with Crippen molar-refractivity contribution < 1.29 is 32.0 Å². The zero-order chi connectivity index (χ0) is 38.0. The molecule has 0 aliphatic heterocycles. The van der Waals surface area contributed by atoms with E-state index >= 15 is 0 Å². The van der Waals surface area contributed by atoms with Crippen molar-refractivity contribution >= 4 is 44.1 Å². The molecule has 0 radical (unpaired) electrons. The molecule has 0 aliphatic rings. The van der Waals surface area contributed by atoms with E-state index in [1.807, 2.05) is 20.8 Å². The van der Waals surface area contributed by atoms with Gasteiger partial charge in [-0.1, -0.05) is 20.8 Å². The van der Waals surface area contributed by atoms with Crippen LogP contribution < -0.4 is 43.0 Å². The molecular weight excluding hydrogens is 696 g/mol. The summed E-state index contributed by atoms with van der Waals surface area (Å²) in [7, 11) is 2.29. The fourth-order valence-corrected chi connectivity index (χ4v) is 5.00. The Morgan fingerprint density at radius 2 is 0.922 bits per heavy atom. The van der Waals surface area contributed by atoms with Crippen LogP contribution in [-0.4, -0.2) is 66.8 Å². The van der Waals surface area contributed by atoms with Gasteiger partial charge in [0.2, 0.25) is 22.3 Å². The maximum absolute atomic E-state index is 11.8. The van der Waals surface area contributed by atoms with Gasteiger partial charge in [-0.05, 0) is 36.0 Å². The summed E-state index contributed by atoms with van der Waals surface area (Å²) in [6.45, 7) is 5.51. The maximum Gasteiger partial charge on any atom is 0.337 e. The van der Waals surface area contributed by atoms with Crippen molar-refractivity contribution in [2.75, 3.05) is 27.6 Å². The minimum absolute atomic E-state index is 0.00102. The van der Waals surface area contributed by atoms with E-state index in [2.05, 4.69) is 29.9 Å². The molecule has 6 rings (SSSR count). The van der Waals surface area contributed by atoms with Crippen LogP contribution in [0.3, 0.4) is 0 Å². The number of rotatable bonds is 6. The zero-order valence-corrected chi connectivity index (χ0v) is 29.3. The Balaban J connectivity index is 0.000000202. The fourth-order valence-electron chi connectivity index (χ4n) is 4.55. The molecule has 51 heavy (non-hydrogen) atoms. The van der Waals surface area contributed by atoms with Crippen LogP contribution in [0, 0.1) is 0 Å². The van der Waals surface area contributed by atoms with Gasteiger partial charge in [-0.2, -0.15) is 15.0 Å². The molecule has 0 spiro atoms. The lowest BCUT2D eigenvalue weighted by atomic mass is 10.1. The second-order valence-electron chi connectivity index (χ2n) is 9.85. The summed E-state index contributed by atoms with van der Waals surface area (Å²) in [4.78, 5) is 87.9. The van der Waals surface area contributed by atoms with E-state index in [1.54, 1.807) is 0 Å². The van der Waals surface area contributed by atoms with Crippen LogP contribution in [0.1, 0.15) is 37.5 Å². The van der Waals surface area contributed by atoms with Crippen LogP contribution in [0.4, 0.5) is 0 Å². The summed E-state index contributed by atoms with van der Waals surface area (Å²) >= 11 is 0. The van der Waals surface area contributed by atoms with Gasteiger partial charge in [0.05, 0.1) is 25.0 Å². The molecule has 6 heterocycles. The van der Waals surface area contributed by atoms with Gasteiger partial charge in [-0.3, -0.25) is 33.5 Å². The number of aliphatic hydroxyl groups is 1. The van der Waals surface area contributed by atoms with E-state index in [9.17, 15) is 33.0 Å². The minimum Gasteiger partial charge on any atom is -0.468 e. The number of nitrogens with zero attached hydrogens (tertiary/aromatic N) is 3. The van der Waals surface area contributed by atoms with Gasteiger partial charge in [0, 0.05) is 31.6 Å². The fraction of sp³-hybridized carbons (Fsp3) is 0.323. The number of aromatic nitrogens is 6. The number of hydrogen-bond acceptors (Lipinski definition) is 16. The highest BCUT2D eigenvalue weighted by Gasteiger charge is 2.14. The van der Waals surface area contributed by atoms with Crippen LogP contribution in [0.25, 0.3) is 33.3 Å². The Morgan fingerprint density at radius 3 is 1.22 bits per heavy atom. The first kappa shape index (κ1) is 39.4. The quantitative estimate of drug-likeness (QED) is 0.171. The summed E-state index contributed by atoms with van der Waals surface area (Å²) in [6.07, 6.45) is 3.01. The lowest BCUT2D eigenvalue weighted by Crippen LogP contribution is -2.16. The van der Waals surface area contributed by atoms with E-state index < -0.39 is 33.2 Å². The standard InChI is InChI=1S/C10H10N2O4S.2C10H10N2O4.CH4O/c1-3-5-4-6(13)16-9-7(5)8(14)11-10(12-9)17(2)15;2*1-3-5-4-6(13)16-9-7(5)8(14)11-10(12-9)15-2;1-2/h4H,3H2,1-2H3,(H,11,12,14);2*4H,3H2,1-2H3,(H,11,12,14);2H,1H3. The molecule has 272 valence electrons. The number of fused-ring (bicyclic) bond motifs is 3. The first-order valence-corrected chi connectivity index (χ1v) is 16.5. The van der Waals surface area contributed by atoms with Gasteiger partial charge >= 0.3 is 16.9 Å². The highest BCUT2D eigenvalue weighted by molar-refractivity contribution is 7.84. The molecule has 0 fully saturated rings. The Hall–Kier alpha value is -6.02. The number of methoxy groups -OCH3 is 2. The number of ether oxygens (including phenoxy) is 2. The summed E-state index contributed by atoms with van der Waals surface area (Å²) in [5.74, 6) is 0. The van der Waals surface area contributed by atoms with Crippen molar-refractivity contribution in [3.05, 3.63) is 97.2 Å². The first-order valence-electron chi connectivity index (χ1n) is 14.9. The molecule has 1 atom stereocenters. The van der Waals surface area contributed by atoms with E-state index in [4.69, 9.17) is 27.8 Å². The lowest BCUT2D eigenvalue weighted by Gasteiger charge is -2.02. The number of aryl methyl sites for hydroxylation is 3. The highest BCUT2D eigenvalue weighted by atomic mass is 32.2. The molecule has 0 saturated carbocycles. The topological polar surface area (TPSA) is 284 Å². The average Bonchev–Trinajstić information content (AvgIpc) is 3.10. The third kappa shape index (κ3) is 9.16. The number of nitrogens with one attached hydrogen (secondary N) is 3. The Labute approximate surface area is 287 Å². The zero-order valence-electron chi connectivity index (χ0n) is 28.4. The summed E-state index contributed by atoms with van der Waals surface area (Å²) in [5, 5.41) is 7.83. The minimum atomic E-state index is -1.44. The van der Waals surface area contributed by atoms with Crippen molar-refractivity contribution in [3.63, 3.8) is 0 Å². The first-order chi connectivity index (χ1) is 24.3. The molecule has 0 aliphatic carbocycles. The van der Waals surface area contributed by atoms with Crippen molar-refractivity contribution in [3.8, 4) is 12.0 Å². The summed E-state index contributed by atoms with van der Waals surface area (Å²) in [6, 6.07) is 3.90. The number of aliphatic hydroxyl groups excluding tert-OH is 1. The SMILES string of the molecule is CCc1cc(=O)oc2nc(OC)[nH]c(=O)c12.CCc1cc(=O)oc2nc(OC)[nH]c(=O)c12.CCc1cc(=O)oc2nc(S(C)=O)[nH]c(=O)c12.CO. The van der Waals surface area contributed by atoms with Crippen molar-refractivity contribution in [2.45, 2.75) is 45.2 Å². The van der Waals surface area contributed by atoms with Crippen molar-refractivity contribution in [1.82, 2.24) is 29.9 Å². The Kier molecular flexibility index (Phi) is 13.6. The van der Waals surface area contributed by atoms with E-state index in [0.717, 1.165) is 7.11 Å². The van der Waals surface area contributed by atoms with Crippen LogP contribution in [0.15, 0.2) is 65.4 Å². The smallest absolute Gasteiger partial charge is 0.337 e. The predicted molar refractivity (Wildman–Crippen MR) is 184 cm³/mol. The second-order valence-corrected chi connectivity index (χ2v) is 11.1. The number of H-pyrrole nitrogens is 3. The normalized spacial score (nSPS) is 11.1. The number of aromatic amines is 3. The largest absolute Gasteiger partial charge is 0.468 e. The third-order valence-electron chi connectivity index (χ3n) is 6.83. The Bertz CT molecular complexity index is 2450.